The lowest BCUT2D eigenvalue weighted by Crippen LogP contribution is -2.30. The van der Waals surface area contributed by atoms with E-state index < -0.39 is 6.10 Å². The number of allylic oxidation sites excluding steroid dienone is 18. The van der Waals surface area contributed by atoms with Crippen molar-refractivity contribution in [1.29, 1.82) is 0 Å². The summed E-state index contributed by atoms with van der Waals surface area (Å²) in [6.07, 6.45) is 76.5. The van der Waals surface area contributed by atoms with Crippen LogP contribution in [0.4, 0.5) is 0 Å². The van der Waals surface area contributed by atoms with Crippen molar-refractivity contribution < 1.29 is 28.6 Å². The third kappa shape index (κ3) is 54.9. The van der Waals surface area contributed by atoms with Gasteiger partial charge in [-0.25, -0.2) is 0 Å². The van der Waals surface area contributed by atoms with Gasteiger partial charge in [0.05, 0.1) is 0 Å². The minimum absolute atomic E-state index is 0.115. The van der Waals surface area contributed by atoms with Gasteiger partial charge in [0.2, 0.25) is 0 Å². The molecule has 0 aromatic rings. The Morgan fingerprint density at radius 1 is 0.290 bits per heavy atom. The Bertz CT molecular complexity index is 1420. The van der Waals surface area contributed by atoms with Crippen LogP contribution in [0.1, 0.15) is 252 Å². The van der Waals surface area contributed by atoms with E-state index in [2.05, 4.69) is 130 Å². The molecule has 0 rings (SSSR count). The maximum absolute atomic E-state index is 12.8. The number of unbranched alkanes of at least 4 members (excludes halogenated alkanes) is 21. The summed E-state index contributed by atoms with van der Waals surface area (Å²) in [5, 5.41) is 0. The lowest BCUT2D eigenvalue weighted by atomic mass is 10.1. The molecule has 0 aliphatic carbocycles. The average molecular weight is 958 g/mol. The molecule has 6 heteroatoms. The Balaban J connectivity index is 4.54. The molecule has 0 aliphatic rings. The topological polar surface area (TPSA) is 78.9 Å². The molecule has 0 saturated heterocycles. The molecule has 392 valence electrons. The molecule has 0 fully saturated rings. The number of ether oxygens (including phenoxy) is 3. The molecular weight excluding hydrogens is 853 g/mol. The Labute approximate surface area is 425 Å². The summed E-state index contributed by atoms with van der Waals surface area (Å²) in [7, 11) is 0. The molecule has 0 aromatic carbocycles. The zero-order chi connectivity index (χ0) is 50.0. The van der Waals surface area contributed by atoms with Crippen molar-refractivity contribution in [2.24, 2.45) is 0 Å². The van der Waals surface area contributed by atoms with Gasteiger partial charge in [-0.2, -0.15) is 0 Å². The van der Waals surface area contributed by atoms with E-state index >= 15 is 0 Å². The predicted molar refractivity (Wildman–Crippen MR) is 297 cm³/mol. The lowest BCUT2D eigenvalue weighted by molar-refractivity contribution is -0.167. The standard InChI is InChI=1S/C63H104O6/c1-4-7-10-13-16-19-22-25-28-30-31-33-36-38-41-44-47-50-53-56-62(65)68-59-60(69-63(66)57-54-51-48-45-42-39-34-27-24-21-18-15-12-9-6-3)58-67-61(64)55-52-49-46-43-40-37-35-32-29-26-23-20-17-14-11-8-5-2/h16-17,19-21,24-26,28-29,31,33,35,37-38,41,43,46,60H,4-15,18,22-23,27,30,32,34,36,39-40,42,44-45,47-59H2,1-3H3/b19-16-,20-17-,24-21-,28-25-,29-26-,33-31-,37-35-,41-38-,46-43-/t60-/m0/s1. The van der Waals surface area contributed by atoms with E-state index in [-0.39, 0.29) is 37.5 Å². The largest absolute Gasteiger partial charge is 0.462 e. The molecule has 0 N–H and O–H groups in total. The molecule has 0 aromatic heterocycles. The van der Waals surface area contributed by atoms with Crippen LogP contribution in [-0.2, 0) is 28.6 Å². The molecule has 0 unspecified atom stereocenters. The fourth-order valence-corrected chi connectivity index (χ4v) is 7.41. The molecule has 0 radical (unpaired) electrons. The molecule has 0 bridgehead atoms. The summed E-state index contributed by atoms with van der Waals surface area (Å²) < 4.78 is 16.8. The lowest BCUT2D eigenvalue weighted by Gasteiger charge is -2.18. The van der Waals surface area contributed by atoms with Gasteiger partial charge in [-0.05, 0) is 128 Å². The van der Waals surface area contributed by atoms with Crippen LogP contribution in [0.15, 0.2) is 109 Å². The quantitative estimate of drug-likeness (QED) is 0.0262. The second-order valence-electron chi connectivity index (χ2n) is 18.5. The third-order valence-corrected chi connectivity index (χ3v) is 11.7. The third-order valence-electron chi connectivity index (χ3n) is 11.7. The van der Waals surface area contributed by atoms with Crippen molar-refractivity contribution in [3.63, 3.8) is 0 Å². The summed E-state index contributed by atoms with van der Waals surface area (Å²) in [5.74, 6) is -1.01. The van der Waals surface area contributed by atoms with Crippen LogP contribution in [0, 0.1) is 0 Å². The van der Waals surface area contributed by atoms with E-state index in [0.29, 0.717) is 19.3 Å². The molecule has 1 atom stereocenters. The number of hydrogen-bond donors (Lipinski definition) is 0. The van der Waals surface area contributed by atoms with Crippen LogP contribution in [0.3, 0.4) is 0 Å². The van der Waals surface area contributed by atoms with Crippen molar-refractivity contribution in [3.8, 4) is 0 Å². The van der Waals surface area contributed by atoms with E-state index in [0.717, 1.165) is 89.9 Å². The highest BCUT2D eigenvalue weighted by Crippen LogP contribution is 2.13. The monoisotopic (exact) mass is 957 g/mol. The van der Waals surface area contributed by atoms with Gasteiger partial charge in [-0.1, -0.05) is 214 Å². The molecular formula is C63H104O6. The Hall–Kier alpha value is -3.93. The first kappa shape index (κ1) is 65.1. The maximum atomic E-state index is 12.8. The summed E-state index contributed by atoms with van der Waals surface area (Å²) in [6, 6.07) is 0. The number of carbonyl (C=O) groups is 3. The van der Waals surface area contributed by atoms with E-state index in [1.807, 2.05) is 0 Å². The highest BCUT2D eigenvalue weighted by molar-refractivity contribution is 5.71. The second-order valence-corrected chi connectivity index (χ2v) is 18.5. The first-order valence-corrected chi connectivity index (χ1v) is 28.4. The smallest absolute Gasteiger partial charge is 0.306 e. The first-order valence-electron chi connectivity index (χ1n) is 28.4. The van der Waals surface area contributed by atoms with Gasteiger partial charge >= 0.3 is 17.9 Å². The van der Waals surface area contributed by atoms with Crippen LogP contribution in [0.5, 0.6) is 0 Å². The van der Waals surface area contributed by atoms with Gasteiger partial charge in [0.15, 0.2) is 6.10 Å². The van der Waals surface area contributed by atoms with Gasteiger partial charge in [-0.15, -0.1) is 0 Å². The Morgan fingerprint density at radius 2 is 0.536 bits per heavy atom. The Morgan fingerprint density at radius 3 is 0.928 bits per heavy atom. The summed E-state index contributed by atoms with van der Waals surface area (Å²) in [4.78, 5) is 38.1. The van der Waals surface area contributed by atoms with Crippen LogP contribution < -0.4 is 0 Å². The van der Waals surface area contributed by atoms with Gasteiger partial charge in [0, 0.05) is 19.3 Å². The summed E-state index contributed by atoms with van der Waals surface area (Å²) >= 11 is 0. The van der Waals surface area contributed by atoms with Crippen molar-refractivity contribution in [2.75, 3.05) is 13.2 Å². The molecule has 69 heavy (non-hydrogen) atoms. The van der Waals surface area contributed by atoms with Crippen molar-refractivity contribution in [1.82, 2.24) is 0 Å². The number of hydrogen-bond acceptors (Lipinski definition) is 6. The molecule has 0 spiro atoms. The fraction of sp³-hybridized carbons (Fsp3) is 0.667. The number of esters is 3. The average Bonchev–Trinajstić information content (AvgIpc) is 3.35. The molecule has 6 nitrogen and oxygen atoms in total. The Kier molecular flexibility index (Phi) is 53.4. The molecule has 0 heterocycles. The van der Waals surface area contributed by atoms with Gasteiger partial charge in [0.1, 0.15) is 13.2 Å². The van der Waals surface area contributed by atoms with Crippen LogP contribution >= 0.6 is 0 Å². The van der Waals surface area contributed by atoms with Crippen LogP contribution in [-0.4, -0.2) is 37.2 Å². The zero-order valence-electron chi connectivity index (χ0n) is 44.8. The fourth-order valence-electron chi connectivity index (χ4n) is 7.41. The highest BCUT2D eigenvalue weighted by atomic mass is 16.6. The SMILES string of the molecule is CCCCC/C=C\C/C=C\C/C=C\C/C=C\CCCCCC(=O)OC[C@H](COC(=O)CCC/C=C\C/C=C\C/C=C\C/C=C\CCCCC)OC(=O)CCCCCCCCC/C=C\CCCCCC. The van der Waals surface area contributed by atoms with E-state index in [1.165, 1.54) is 116 Å². The second kappa shape index (κ2) is 56.7. The van der Waals surface area contributed by atoms with E-state index in [4.69, 9.17) is 14.2 Å². The summed E-state index contributed by atoms with van der Waals surface area (Å²) in [6.45, 7) is 6.49. The van der Waals surface area contributed by atoms with E-state index in [1.54, 1.807) is 0 Å². The van der Waals surface area contributed by atoms with Gasteiger partial charge in [-0.3, -0.25) is 14.4 Å². The van der Waals surface area contributed by atoms with Crippen molar-refractivity contribution in [3.05, 3.63) is 109 Å². The van der Waals surface area contributed by atoms with Gasteiger partial charge in [0.25, 0.3) is 0 Å². The maximum Gasteiger partial charge on any atom is 0.306 e. The first-order chi connectivity index (χ1) is 34.0. The number of carbonyl (C=O) groups excluding carboxylic acids is 3. The zero-order valence-corrected chi connectivity index (χ0v) is 44.8. The minimum Gasteiger partial charge on any atom is -0.462 e. The normalized spacial score (nSPS) is 12.9. The van der Waals surface area contributed by atoms with Crippen molar-refractivity contribution >= 4 is 17.9 Å². The van der Waals surface area contributed by atoms with Gasteiger partial charge < -0.3 is 14.2 Å². The predicted octanol–water partition coefficient (Wildman–Crippen LogP) is 19.1. The molecule has 0 aliphatic heterocycles. The molecule has 0 amide bonds. The molecule has 0 saturated carbocycles. The number of rotatable bonds is 50. The van der Waals surface area contributed by atoms with Crippen LogP contribution in [0.2, 0.25) is 0 Å². The summed E-state index contributed by atoms with van der Waals surface area (Å²) in [5.41, 5.74) is 0. The van der Waals surface area contributed by atoms with E-state index in [9.17, 15) is 14.4 Å². The highest BCUT2D eigenvalue weighted by Gasteiger charge is 2.19. The van der Waals surface area contributed by atoms with Crippen LogP contribution in [0.25, 0.3) is 0 Å². The minimum atomic E-state index is -0.818. The van der Waals surface area contributed by atoms with Crippen molar-refractivity contribution in [2.45, 2.75) is 258 Å².